The van der Waals surface area contributed by atoms with E-state index in [1.807, 2.05) is 0 Å². The summed E-state index contributed by atoms with van der Waals surface area (Å²) in [5.41, 5.74) is -2.49. The summed E-state index contributed by atoms with van der Waals surface area (Å²) in [6.07, 6.45) is -0.811. The number of hydrogen-bond donors (Lipinski definition) is 6. The van der Waals surface area contributed by atoms with E-state index in [4.69, 9.17) is 23.7 Å². The fourth-order valence-electron chi connectivity index (χ4n) is 7.63. The molecule has 16 heteroatoms. The zero-order valence-electron chi connectivity index (χ0n) is 34.5. The fourth-order valence-corrected chi connectivity index (χ4v) is 7.63. The number of esters is 3. The van der Waals surface area contributed by atoms with Crippen LogP contribution in [0.2, 0.25) is 0 Å². The minimum absolute atomic E-state index is 0.00972. The number of methoxy groups -OCH3 is 1. The Morgan fingerprint density at radius 1 is 0.897 bits per heavy atom. The van der Waals surface area contributed by atoms with Crippen LogP contribution in [-0.4, -0.2) is 99.1 Å². The minimum Gasteiger partial charge on any atom is -0.505 e. The lowest BCUT2D eigenvalue weighted by molar-refractivity contribution is -0.181. The number of amides is 1. The number of ether oxygens (including phenoxy) is 5. The molecule has 1 amide bonds. The van der Waals surface area contributed by atoms with Crippen molar-refractivity contribution in [3.63, 3.8) is 0 Å². The lowest BCUT2D eigenvalue weighted by atomic mass is 9.75. The summed E-state index contributed by atoms with van der Waals surface area (Å²) < 4.78 is 28.0. The molecule has 6 N–H and O–H groups in total. The molecule has 0 saturated carbocycles. The van der Waals surface area contributed by atoms with Gasteiger partial charge in [0.05, 0.1) is 42.2 Å². The summed E-state index contributed by atoms with van der Waals surface area (Å²) in [5, 5.41) is 61.2. The summed E-state index contributed by atoms with van der Waals surface area (Å²) in [5.74, 6) is -9.71. The molecular formula is C42H53NO15. The number of fused-ring (bicyclic) bond motifs is 14. The molecule has 1 aliphatic carbocycles. The van der Waals surface area contributed by atoms with Crippen molar-refractivity contribution >= 4 is 40.9 Å². The van der Waals surface area contributed by atoms with Gasteiger partial charge in [-0.15, -0.1) is 0 Å². The second-order valence-corrected chi connectivity index (χ2v) is 15.3. The van der Waals surface area contributed by atoms with Gasteiger partial charge in [0.1, 0.15) is 34.9 Å². The van der Waals surface area contributed by atoms with Gasteiger partial charge in [-0.3, -0.25) is 24.0 Å². The highest BCUT2D eigenvalue weighted by Crippen LogP contribution is 2.53. The number of carbonyl (C=O) groups excluding carboxylic acids is 5. The van der Waals surface area contributed by atoms with Gasteiger partial charge in [-0.05, 0) is 46.3 Å². The van der Waals surface area contributed by atoms with Crippen LogP contribution >= 0.6 is 0 Å². The number of nitrogens with one attached hydrogen (secondary N) is 1. The first-order chi connectivity index (χ1) is 27.0. The van der Waals surface area contributed by atoms with Crippen molar-refractivity contribution < 1.29 is 73.2 Å². The number of phenols is 1. The third kappa shape index (κ3) is 8.74. The SMILES string of the molecule is COC(=O)C1C(O)C(C)C(O)C(C)C=C/C=C(\C)C(=O)Nc2c(C)c(OC(C)=O)c3c(c2O)C(=O)C(C)=C2OCOC(=C23)C(C)=CC(C)(O)C(O)C(C)C1OC(C)=O. The van der Waals surface area contributed by atoms with Crippen LogP contribution in [0.3, 0.4) is 0 Å². The van der Waals surface area contributed by atoms with E-state index in [0.717, 1.165) is 21.0 Å². The molecular weight excluding hydrogens is 758 g/mol. The van der Waals surface area contributed by atoms with E-state index in [-0.39, 0.29) is 61.9 Å². The summed E-state index contributed by atoms with van der Waals surface area (Å²) in [7, 11) is 1.06. The van der Waals surface area contributed by atoms with Crippen LogP contribution in [0.1, 0.15) is 83.8 Å². The van der Waals surface area contributed by atoms with Gasteiger partial charge in [-0.1, -0.05) is 39.0 Å². The quantitative estimate of drug-likeness (QED) is 0.145. The molecule has 316 valence electrons. The minimum atomic E-state index is -2.22. The molecule has 4 aliphatic rings. The van der Waals surface area contributed by atoms with Gasteiger partial charge < -0.3 is 54.5 Å². The maximum atomic E-state index is 14.0. The fraction of sp³-hybridized carbons (Fsp3) is 0.500. The van der Waals surface area contributed by atoms with E-state index in [2.05, 4.69) is 5.32 Å². The first kappa shape index (κ1) is 45.4. The van der Waals surface area contributed by atoms with Gasteiger partial charge in [0.15, 0.2) is 11.5 Å². The van der Waals surface area contributed by atoms with Crippen molar-refractivity contribution in [2.24, 2.45) is 23.7 Å². The van der Waals surface area contributed by atoms with Gasteiger partial charge in [-0.25, -0.2) is 0 Å². The number of aliphatic hydroxyl groups excluding tert-OH is 3. The number of ketones is 1. The number of Topliss-reactive ketones (excluding diaryl/α,β-unsaturated/α-hetero) is 1. The highest BCUT2D eigenvalue weighted by molar-refractivity contribution is 6.21. The van der Waals surface area contributed by atoms with Gasteiger partial charge in [0, 0.05) is 53.9 Å². The number of carbonyl (C=O) groups is 5. The van der Waals surface area contributed by atoms with Crippen molar-refractivity contribution in [1.29, 1.82) is 0 Å². The molecule has 3 aliphatic heterocycles. The Kier molecular flexibility index (Phi) is 13.8. The van der Waals surface area contributed by atoms with Crippen LogP contribution in [0.15, 0.2) is 52.5 Å². The van der Waals surface area contributed by atoms with Gasteiger partial charge >= 0.3 is 17.9 Å². The van der Waals surface area contributed by atoms with Crippen molar-refractivity contribution in [3.05, 3.63) is 69.2 Å². The molecule has 58 heavy (non-hydrogen) atoms. The van der Waals surface area contributed by atoms with Gasteiger partial charge in [0.2, 0.25) is 6.79 Å². The van der Waals surface area contributed by atoms with E-state index in [0.29, 0.717) is 0 Å². The number of benzene rings is 1. The van der Waals surface area contributed by atoms with Crippen molar-refractivity contribution in [2.75, 3.05) is 19.2 Å². The Labute approximate surface area is 336 Å². The van der Waals surface area contributed by atoms with Crippen molar-refractivity contribution in [1.82, 2.24) is 0 Å². The molecule has 4 bridgehead atoms. The number of aromatic hydroxyl groups is 1. The zero-order chi connectivity index (χ0) is 43.7. The van der Waals surface area contributed by atoms with Crippen molar-refractivity contribution in [3.8, 4) is 11.5 Å². The molecule has 9 atom stereocenters. The smallest absolute Gasteiger partial charge is 0.315 e. The lowest BCUT2D eigenvalue weighted by Gasteiger charge is -2.40. The molecule has 0 fully saturated rings. The summed E-state index contributed by atoms with van der Waals surface area (Å²) in [6.45, 7) is 13.4. The van der Waals surface area contributed by atoms with E-state index in [1.54, 1.807) is 13.0 Å². The third-order valence-corrected chi connectivity index (χ3v) is 10.9. The second-order valence-electron chi connectivity index (χ2n) is 15.3. The number of rotatable bonds is 3. The lowest BCUT2D eigenvalue weighted by Crippen LogP contribution is -2.54. The number of anilines is 1. The number of aliphatic hydroxyl groups is 4. The standard InChI is InChI=1S/C42H53NO15/c1-17-13-12-14-18(2)40(51)43-30-20(4)37(57-24(8)44)26-27(34(30)49)33(48)22(6)36-28(26)35(55-16-56-36)19(3)15-42(10,53)39(50)23(7)38(58-25(9)45)29(41(52)54-11)32(47)21(5)31(17)46/h12-15,17,21,23,29,31-32,38-39,46-47,49-50,53H,16H2,1-11H3,(H,43,51)/b13-12?,18-14+,19-15?. The van der Waals surface area contributed by atoms with E-state index in [1.165, 1.54) is 66.7 Å². The number of allylic oxidation sites excluding steroid dienone is 5. The van der Waals surface area contributed by atoms with Crippen LogP contribution < -0.4 is 10.1 Å². The monoisotopic (exact) mass is 811 g/mol. The maximum absolute atomic E-state index is 14.0. The van der Waals surface area contributed by atoms with Crippen molar-refractivity contribution in [2.45, 2.75) is 99.3 Å². The maximum Gasteiger partial charge on any atom is 0.315 e. The normalized spacial score (nSPS) is 30.6. The van der Waals surface area contributed by atoms with Crippen LogP contribution in [-0.2, 0) is 38.1 Å². The Balaban J connectivity index is 2.10. The van der Waals surface area contributed by atoms with Crippen LogP contribution in [0.25, 0.3) is 5.57 Å². The topological polar surface area (TPSA) is 245 Å². The second kappa shape index (κ2) is 17.7. The molecule has 1 aromatic rings. The Bertz CT molecular complexity index is 2040. The Hall–Kier alpha value is -5.29. The Morgan fingerprint density at radius 3 is 2.10 bits per heavy atom. The predicted octanol–water partition coefficient (Wildman–Crippen LogP) is 3.68. The zero-order valence-corrected chi connectivity index (χ0v) is 34.5. The summed E-state index contributed by atoms with van der Waals surface area (Å²) >= 11 is 0. The third-order valence-electron chi connectivity index (χ3n) is 10.9. The number of hydrogen-bond acceptors (Lipinski definition) is 15. The first-order valence-corrected chi connectivity index (χ1v) is 18.7. The van der Waals surface area contributed by atoms with E-state index >= 15 is 0 Å². The van der Waals surface area contributed by atoms with Gasteiger partial charge in [-0.2, -0.15) is 0 Å². The van der Waals surface area contributed by atoms with Crippen LogP contribution in [0.4, 0.5) is 5.69 Å². The molecule has 0 saturated heterocycles. The average molecular weight is 812 g/mol. The first-order valence-electron chi connectivity index (χ1n) is 18.7. The summed E-state index contributed by atoms with van der Waals surface area (Å²) in [6, 6.07) is 0. The van der Waals surface area contributed by atoms with Crippen LogP contribution in [0.5, 0.6) is 11.5 Å². The highest BCUT2D eigenvalue weighted by atomic mass is 16.7. The van der Waals surface area contributed by atoms with Crippen LogP contribution in [0, 0.1) is 30.6 Å². The molecule has 0 aromatic heterocycles. The molecule has 0 radical (unpaired) electrons. The molecule has 3 heterocycles. The molecule has 5 rings (SSSR count). The highest BCUT2D eigenvalue weighted by Gasteiger charge is 2.49. The molecule has 1 aromatic carbocycles. The molecule has 0 spiro atoms. The summed E-state index contributed by atoms with van der Waals surface area (Å²) in [4.78, 5) is 66.1. The number of phenolic OH excluding ortho intramolecular Hbond substituents is 1. The molecule has 9 unspecified atom stereocenters. The van der Waals surface area contributed by atoms with E-state index < -0.39 is 95.8 Å². The Morgan fingerprint density at radius 2 is 1.52 bits per heavy atom. The largest absolute Gasteiger partial charge is 0.505 e. The molecule has 16 nitrogen and oxygen atoms in total. The average Bonchev–Trinajstić information content (AvgIpc) is 3.16. The van der Waals surface area contributed by atoms with Gasteiger partial charge in [0.25, 0.3) is 5.91 Å². The van der Waals surface area contributed by atoms with E-state index in [9.17, 15) is 49.5 Å². The predicted molar refractivity (Wildman–Crippen MR) is 208 cm³/mol.